The summed E-state index contributed by atoms with van der Waals surface area (Å²) in [6, 6.07) is 0. The lowest BCUT2D eigenvalue weighted by Crippen LogP contribution is -2.36. The number of nitrogens with two attached hydrogens (primary N) is 1. The maximum Gasteiger partial charge on any atom is 0.330 e. The van der Waals surface area contributed by atoms with E-state index in [2.05, 4.69) is 10.3 Å². The normalized spacial score (nSPS) is 21.6. The SMILES string of the molecule is COCCn1c(N)c(NCC2CCCC2O)c(=O)[nH]c1=O. The van der Waals surface area contributed by atoms with Gasteiger partial charge in [-0.3, -0.25) is 14.3 Å². The molecule has 0 saturated heterocycles. The smallest absolute Gasteiger partial charge is 0.330 e. The Labute approximate surface area is 121 Å². The summed E-state index contributed by atoms with van der Waals surface area (Å²) >= 11 is 0. The number of hydrogen-bond donors (Lipinski definition) is 4. The molecule has 0 radical (unpaired) electrons. The molecule has 2 atom stereocenters. The van der Waals surface area contributed by atoms with Gasteiger partial charge in [-0.2, -0.15) is 0 Å². The number of nitrogen functional groups attached to an aromatic ring is 1. The monoisotopic (exact) mass is 298 g/mol. The number of rotatable bonds is 6. The number of hydrogen-bond acceptors (Lipinski definition) is 6. The quantitative estimate of drug-likeness (QED) is 0.553. The van der Waals surface area contributed by atoms with E-state index < -0.39 is 11.2 Å². The lowest BCUT2D eigenvalue weighted by atomic mass is 10.1. The highest BCUT2D eigenvalue weighted by atomic mass is 16.5. The number of aliphatic hydroxyl groups excluding tert-OH is 1. The van der Waals surface area contributed by atoms with Gasteiger partial charge in [0.25, 0.3) is 5.56 Å². The zero-order valence-corrected chi connectivity index (χ0v) is 12.1. The fourth-order valence-electron chi connectivity index (χ4n) is 2.65. The van der Waals surface area contributed by atoms with Gasteiger partial charge >= 0.3 is 5.69 Å². The molecular weight excluding hydrogens is 276 g/mol. The van der Waals surface area contributed by atoms with Gasteiger partial charge in [-0.05, 0) is 12.8 Å². The minimum atomic E-state index is -0.555. The van der Waals surface area contributed by atoms with Crippen molar-refractivity contribution < 1.29 is 9.84 Å². The third-order valence-corrected chi connectivity index (χ3v) is 3.92. The lowest BCUT2D eigenvalue weighted by Gasteiger charge is -2.18. The van der Waals surface area contributed by atoms with E-state index in [0.717, 1.165) is 19.3 Å². The molecule has 8 nitrogen and oxygen atoms in total. The number of aromatic nitrogens is 2. The third kappa shape index (κ3) is 3.45. The fourth-order valence-corrected chi connectivity index (χ4v) is 2.65. The van der Waals surface area contributed by atoms with Crippen molar-refractivity contribution >= 4 is 11.5 Å². The number of ether oxygens (including phenoxy) is 1. The van der Waals surface area contributed by atoms with Gasteiger partial charge in [-0.15, -0.1) is 0 Å². The van der Waals surface area contributed by atoms with Crippen molar-refractivity contribution in [3.05, 3.63) is 20.8 Å². The number of methoxy groups -OCH3 is 1. The largest absolute Gasteiger partial charge is 0.393 e. The van der Waals surface area contributed by atoms with E-state index in [0.29, 0.717) is 13.2 Å². The van der Waals surface area contributed by atoms with E-state index >= 15 is 0 Å². The van der Waals surface area contributed by atoms with Crippen molar-refractivity contribution in [3.63, 3.8) is 0 Å². The van der Waals surface area contributed by atoms with Crippen LogP contribution >= 0.6 is 0 Å². The molecule has 0 spiro atoms. The molecule has 0 amide bonds. The van der Waals surface area contributed by atoms with Gasteiger partial charge in [0.2, 0.25) is 0 Å². The zero-order valence-electron chi connectivity index (χ0n) is 12.1. The summed E-state index contributed by atoms with van der Waals surface area (Å²) in [5.41, 5.74) is 4.98. The summed E-state index contributed by atoms with van der Waals surface area (Å²) < 4.78 is 6.18. The lowest BCUT2D eigenvalue weighted by molar-refractivity contribution is 0.138. The number of aromatic amines is 1. The number of aliphatic hydroxyl groups is 1. The van der Waals surface area contributed by atoms with Crippen LogP contribution in [0, 0.1) is 5.92 Å². The van der Waals surface area contributed by atoms with Crippen LogP contribution in [0.25, 0.3) is 0 Å². The number of anilines is 2. The molecule has 2 unspecified atom stereocenters. The Hall–Kier alpha value is -1.80. The van der Waals surface area contributed by atoms with Crippen molar-refractivity contribution in [2.45, 2.75) is 31.9 Å². The minimum absolute atomic E-state index is 0.0910. The fraction of sp³-hybridized carbons (Fsp3) is 0.692. The second-order valence-electron chi connectivity index (χ2n) is 5.30. The standard InChI is InChI=1S/C13H22N4O4/c1-21-6-5-17-11(14)10(12(19)16-13(17)20)15-7-8-3-2-4-9(8)18/h8-9,15,18H,2-7,14H2,1H3,(H,16,19,20). The summed E-state index contributed by atoms with van der Waals surface area (Å²) in [5, 5.41) is 12.8. The molecule has 0 aromatic carbocycles. The summed E-state index contributed by atoms with van der Waals surface area (Å²) in [7, 11) is 1.52. The van der Waals surface area contributed by atoms with Gasteiger partial charge in [0, 0.05) is 19.6 Å². The van der Waals surface area contributed by atoms with Crippen molar-refractivity contribution in [2.75, 3.05) is 31.3 Å². The van der Waals surface area contributed by atoms with Crippen LogP contribution in [0.4, 0.5) is 11.5 Å². The van der Waals surface area contributed by atoms with Gasteiger partial charge in [0.05, 0.1) is 19.3 Å². The van der Waals surface area contributed by atoms with Gasteiger partial charge < -0.3 is 20.9 Å². The summed E-state index contributed by atoms with van der Waals surface area (Å²) in [4.78, 5) is 25.8. The Bertz CT molecular complexity index is 595. The van der Waals surface area contributed by atoms with Gasteiger partial charge in [0.15, 0.2) is 0 Å². The predicted molar refractivity (Wildman–Crippen MR) is 79.4 cm³/mol. The second kappa shape index (κ2) is 6.77. The maximum atomic E-state index is 11.9. The van der Waals surface area contributed by atoms with Crippen LogP contribution in [0.15, 0.2) is 9.59 Å². The van der Waals surface area contributed by atoms with Crippen LogP contribution in [0.2, 0.25) is 0 Å². The van der Waals surface area contributed by atoms with Crippen molar-refractivity contribution in [1.29, 1.82) is 0 Å². The van der Waals surface area contributed by atoms with Crippen molar-refractivity contribution in [2.24, 2.45) is 5.92 Å². The molecule has 8 heteroatoms. The van der Waals surface area contributed by atoms with E-state index in [1.807, 2.05) is 0 Å². The first-order valence-corrected chi connectivity index (χ1v) is 7.08. The van der Waals surface area contributed by atoms with Gasteiger partial charge in [0.1, 0.15) is 11.5 Å². The van der Waals surface area contributed by atoms with Crippen LogP contribution in [-0.4, -0.2) is 41.0 Å². The molecule has 0 bridgehead atoms. The Morgan fingerprint density at radius 3 is 2.86 bits per heavy atom. The molecule has 1 fully saturated rings. The average molecular weight is 298 g/mol. The van der Waals surface area contributed by atoms with Gasteiger partial charge in [-0.1, -0.05) is 6.42 Å². The predicted octanol–water partition coefficient (Wildman–Crippen LogP) is -0.662. The Morgan fingerprint density at radius 2 is 2.24 bits per heavy atom. The molecule has 2 rings (SSSR count). The van der Waals surface area contributed by atoms with E-state index in [1.54, 1.807) is 0 Å². The second-order valence-corrected chi connectivity index (χ2v) is 5.30. The first-order chi connectivity index (χ1) is 10.0. The third-order valence-electron chi connectivity index (χ3n) is 3.92. The summed E-state index contributed by atoms with van der Waals surface area (Å²) in [5.74, 6) is 0.191. The van der Waals surface area contributed by atoms with E-state index in [1.165, 1.54) is 11.7 Å². The number of nitrogens with zero attached hydrogens (tertiary/aromatic N) is 1. The minimum Gasteiger partial charge on any atom is -0.393 e. The molecule has 118 valence electrons. The van der Waals surface area contributed by atoms with E-state index in [-0.39, 0.29) is 30.1 Å². The molecular formula is C13H22N4O4. The molecule has 1 saturated carbocycles. The van der Waals surface area contributed by atoms with Crippen LogP contribution in [0.5, 0.6) is 0 Å². The van der Waals surface area contributed by atoms with Crippen LogP contribution in [0.3, 0.4) is 0 Å². The number of H-pyrrole nitrogens is 1. The first-order valence-electron chi connectivity index (χ1n) is 7.08. The van der Waals surface area contributed by atoms with E-state index in [4.69, 9.17) is 10.5 Å². The molecule has 1 aliphatic carbocycles. The maximum absolute atomic E-state index is 11.9. The average Bonchev–Trinajstić information content (AvgIpc) is 2.84. The molecule has 1 aromatic rings. The zero-order chi connectivity index (χ0) is 15.4. The Morgan fingerprint density at radius 1 is 1.48 bits per heavy atom. The first kappa shape index (κ1) is 15.6. The van der Waals surface area contributed by atoms with Crippen LogP contribution in [0.1, 0.15) is 19.3 Å². The van der Waals surface area contributed by atoms with E-state index in [9.17, 15) is 14.7 Å². The van der Waals surface area contributed by atoms with Crippen molar-refractivity contribution in [1.82, 2.24) is 9.55 Å². The topological polar surface area (TPSA) is 122 Å². The molecule has 1 aliphatic rings. The highest BCUT2D eigenvalue weighted by Gasteiger charge is 2.25. The summed E-state index contributed by atoms with van der Waals surface area (Å²) in [6.45, 7) is 1.03. The van der Waals surface area contributed by atoms with Gasteiger partial charge in [-0.25, -0.2) is 4.79 Å². The highest BCUT2D eigenvalue weighted by Crippen LogP contribution is 2.25. The number of nitrogens with one attached hydrogen (secondary N) is 2. The molecule has 1 aromatic heterocycles. The molecule has 21 heavy (non-hydrogen) atoms. The Balaban J connectivity index is 2.18. The highest BCUT2D eigenvalue weighted by molar-refractivity contribution is 5.60. The molecule has 5 N–H and O–H groups in total. The molecule has 0 aliphatic heterocycles. The Kier molecular flexibility index (Phi) is 5.03. The molecule has 1 heterocycles. The van der Waals surface area contributed by atoms with Crippen molar-refractivity contribution in [3.8, 4) is 0 Å². The van der Waals surface area contributed by atoms with Crippen LogP contribution in [-0.2, 0) is 11.3 Å². The van der Waals surface area contributed by atoms with Crippen LogP contribution < -0.4 is 22.3 Å². The summed E-state index contributed by atoms with van der Waals surface area (Å²) in [6.07, 6.45) is 2.32.